The average molecular weight is 285 g/mol. The van der Waals surface area contributed by atoms with Crippen molar-refractivity contribution in [1.82, 2.24) is 4.90 Å². The van der Waals surface area contributed by atoms with E-state index in [-0.39, 0.29) is 0 Å². The van der Waals surface area contributed by atoms with Crippen LogP contribution in [0.2, 0.25) is 5.02 Å². The van der Waals surface area contributed by atoms with Gasteiger partial charge in [0.1, 0.15) is 0 Å². The summed E-state index contributed by atoms with van der Waals surface area (Å²) in [4.78, 5) is 2.22. The fraction of sp³-hybridized carbons (Fsp3) is 0.625. The van der Waals surface area contributed by atoms with Crippen LogP contribution >= 0.6 is 11.6 Å². The van der Waals surface area contributed by atoms with Gasteiger partial charge in [-0.1, -0.05) is 39.3 Å². The van der Waals surface area contributed by atoms with Crippen LogP contribution in [0.4, 0.5) is 5.69 Å². The van der Waals surface area contributed by atoms with Gasteiger partial charge in [0.05, 0.1) is 0 Å². The molecule has 2 nitrogen and oxygen atoms in total. The van der Waals surface area contributed by atoms with Crippen LogP contribution < -0.4 is 5.32 Å². The Hall–Kier alpha value is -0.730. The number of fused-ring (bicyclic) bond motifs is 1. The molecule has 0 aromatic heterocycles. The first-order chi connectivity index (χ1) is 9.16. The van der Waals surface area contributed by atoms with E-state index in [0.717, 1.165) is 18.1 Å². The van der Waals surface area contributed by atoms with Crippen LogP contribution in [0.3, 0.4) is 0 Å². The van der Waals surface area contributed by atoms with Crippen LogP contribution in [0, 0.1) is 0 Å². The summed E-state index contributed by atoms with van der Waals surface area (Å²) in [6, 6.07) is 6.12. The quantitative estimate of drug-likeness (QED) is 0.853. The van der Waals surface area contributed by atoms with Gasteiger partial charge >= 0.3 is 0 Å². The summed E-state index contributed by atoms with van der Waals surface area (Å²) in [5, 5.41) is 4.26. The van der Waals surface area contributed by atoms with Gasteiger partial charge in [-0.25, -0.2) is 0 Å². The number of hydrogen-bond donors (Lipinski definition) is 1. The molecule has 0 radical (unpaired) electrons. The summed E-state index contributed by atoms with van der Waals surface area (Å²) in [5.74, 6) is 0.612. The zero-order valence-corrected chi connectivity index (χ0v) is 14.0. The molecule has 1 aliphatic rings. The zero-order chi connectivity index (χ0) is 14.8. The third kappa shape index (κ3) is 5.84. The Morgan fingerprint density at radius 1 is 1.21 bits per heavy atom. The molecule has 1 atom stereocenters. The zero-order valence-electron chi connectivity index (χ0n) is 13.3. The number of nitrogens with one attached hydrogen (secondary N) is 1. The van der Waals surface area contributed by atoms with E-state index in [0.29, 0.717) is 5.92 Å². The fourth-order valence-corrected chi connectivity index (χ4v) is 2.23. The molecule has 1 aromatic carbocycles. The largest absolute Gasteiger partial charge is 0.384 e. The van der Waals surface area contributed by atoms with Gasteiger partial charge in [0.15, 0.2) is 0 Å². The highest BCUT2D eigenvalue weighted by molar-refractivity contribution is 6.30. The smallest absolute Gasteiger partial charge is 0.0410 e. The van der Waals surface area contributed by atoms with Crippen LogP contribution in [-0.2, 0) is 0 Å². The minimum absolute atomic E-state index is 0.612. The van der Waals surface area contributed by atoms with Crippen LogP contribution in [-0.4, -0.2) is 32.1 Å². The second-order valence-corrected chi connectivity index (χ2v) is 4.84. The minimum atomic E-state index is 0.612. The molecular formula is C16H29ClN2. The van der Waals surface area contributed by atoms with Crippen molar-refractivity contribution in [1.29, 1.82) is 0 Å². The summed E-state index contributed by atoms with van der Waals surface area (Å²) in [5.41, 5.74) is 2.63. The molecule has 110 valence electrons. The molecule has 1 heterocycles. The first-order valence-corrected chi connectivity index (χ1v) is 7.72. The van der Waals surface area contributed by atoms with Crippen LogP contribution in [0.1, 0.15) is 45.6 Å². The SMILES string of the molecule is CC.CC.CN(C)CCC1CNc2ccc(Cl)cc21. The van der Waals surface area contributed by atoms with Gasteiger partial charge in [0.25, 0.3) is 0 Å². The standard InChI is InChI=1S/C12H17ClN2.2C2H6/c1-15(2)6-5-9-8-14-12-4-3-10(13)7-11(9)12;2*1-2/h3-4,7,9,14H,5-6,8H2,1-2H3;2*1-2H3. The van der Waals surface area contributed by atoms with Gasteiger partial charge in [0.2, 0.25) is 0 Å². The average Bonchev–Trinajstić information content (AvgIpc) is 2.83. The Morgan fingerprint density at radius 3 is 2.42 bits per heavy atom. The lowest BCUT2D eigenvalue weighted by molar-refractivity contribution is 0.386. The van der Waals surface area contributed by atoms with E-state index >= 15 is 0 Å². The van der Waals surface area contributed by atoms with Gasteiger partial charge in [-0.3, -0.25) is 0 Å². The lowest BCUT2D eigenvalue weighted by atomic mass is 9.98. The van der Waals surface area contributed by atoms with Crippen molar-refractivity contribution in [2.45, 2.75) is 40.0 Å². The predicted octanol–water partition coefficient (Wildman–Crippen LogP) is 4.85. The van der Waals surface area contributed by atoms with Gasteiger partial charge < -0.3 is 10.2 Å². The number of nitrogens with zero attached hydrogens (tertiary/aromatic N) is 1. The molecule has 1 aliphatic heterocycles. The van der Waals surface area contributed by atoms with Crippen molar-refractivity contribution in [3.05, 3.63) is 28.8 Å². The monoisotopic (exact) mass is 284 g/mol. The first kappa shape index (κ1) is 18.3. The molecular weight excluding hydrogens is 256 g/mol. The predicted molar refractivity (Wildman–Crippen MR) is 88.5 cm³/mol. The molecule has 0 bridgehead atoms. The Labute approximate surface area is 124 Å². The Bertz CT molecular complexity index is 351. The number of anilines is 1. The van der Waals surface area contributed by atoms with E-state index in [1.807, 2.05) is 33.8 Å². The molecule has 1 unspecified atom stereocenters. The van der Waals surface area contributed by atoms with Crippen LogP contribution in [0.15, 0.2) is 18.2 Å². The Morgan fingerprint density at radius 2 is 1.84 bits per heavy atom. The highest BCUT2D eigenvalue weighted by Crippen LogP contribution is 2.35. The maximum absolute atomic E-state index is 6.01. The molecule has 0 amide bonds. The van der Waals surface area contributed by atoms with Crippen molar-refractivity contribution < 1.29 is 0 Å². The second kappa shape index (κ2) is 10.1. The van der Waals surface area contributed by atoms with Gasteiger partial charge in [-0.2, -0.15) is 0 Å². The van der Waals surface area contributed by atoms with Crippen LogP contribution in [0.5, 0.6) is 0 Å². The molecule has 1 aromatic rings. The van der Waals surface area contributed by atoms with E-state index in [1.165, 1.54) is 17.7 Å². The molecule has 0 aliphatic carbocycles. The van der Waals surface area contributed by atoms with E-state index < -0.39 is 0 Å². The molecule has 0 spiro atoms. The van der Waals surface area contributed by atoms with E-state index in [1.54, 1.807) is 0 Å². The first-order valence-electron chi connectivity index (χ1n) is 7.35. The number of hydrogen-bond acceptors (Lipinski definition) is 2. The number of rotatable bonds is 3. The molecule has 2 rings (SSSR count). The number of halogens is 1. The third-order valence-corrected chi connectivity index (χ3v) is 3.15. The van der Waals surface area contributed by atoms with Crippen molar-refractivity contribution in [3.63, 3.8) is 0 Å². The molecule has 0 fully saturated rings. The third-order valence-electron chi connectivity index (χ3n) is 2.92. The van der Waals surface area contributed by atoms with Crippen molar-refractivity contribution in [2.24, 2.45) is 0 Å². The fourth-order valence-electron chi connectivity index (χ4n) is 2.05. The lowest BCUT2D eigenvalue weighted by Gasteiger charge is -2.14. The van der Waals surface area contributed by atoms with Crippen LogP contribution in [0.25, 0.3) is 0 Å². The summed E-state index contributed by atoms with van der Waals surface area (Å²) >= 11 is 6.01. The van der Waals surface area contributed by atoms with Gasteiger partial charge in [-0.15, -0.1) is 0 Å². The number of benzene rings is 1. The van der Waals surface area contributed by atoms with Gasteiger partial charge in [-0.05, 0) is 50.8 Å². The maximum Gasteiger partial charge on any atom is 0.0410 e. The van der Waals surface area contributed by atoms with E-state index in [9.17, 15) is 0 Å². The molecule has 3 heteroatoms. The second-order valence-electron chi connectivity index (χ2n) is 4.40. The maximum atomic E-state index is 6.01. The Kier molecular flexibility index (Phi) is 9.72. The van der Waals surface area contributed by atoms with Crippen molar-refractivity contribution in [3.8, 4) is 0 Å². The van der Waals surface area contributed by atoms with Crippen molar-refractivity contribution in [2.75, 3.05) is 32.5 Å². The Balaban J connectivity index is 0.000000741. The molecule has 19 heavy (non-hydrogen) atoms. The highest BCUT2D eigenvalue weighted by Gasteiger charge is 2.21. The molecule has 0 saturated carbocycles. The van der Waals surface area contributed by atoms with Gasteiger partial charge in [0, 0.05) is 23.2 Å². The minimum Gasteiger partial charge on any atom is -0.384 e. The normalized spacial score (nSPS) is 15.7. The van der Waals surface area contributed by atoms with E-state index in [2.05, 4.69) is 36.4 Å². The van der Waals surface area contributed by atoms with E-state index in [4.69, 9.17) is 11.6 Å². The summed E-state index contributed by atoms with van der Waals surface area (Å²) in [6.07, 6.45) is 1.19. The molecule has 0 saturated heterocycles. The topological polar surface area (TPSA) is 15.3 Å². The summed E-state index contributed by atoms with van der Waals surface area (Å²) < 4.78 is 0. The highest BCUT2D eigenvalue weighted by atomic mass is 35.5. The molecule has 1 N–H and O–H groups in total. The van der Waals surface area contributed by atoms with Crippen molar-refractivity contribution >= 4 is 17.3 Å². The summed E-state index contributed by atoms with van der Waals surface area (Å²) in [6.45, 7) is 10.2. The summed E-state index contributed by atoms with van der Waals surface area (Å²) in [7, 11) is 4.22. The lowest BCUT2D eigenvalue weighted by Crippen LogP contribution is -2.16.